The van der Waals surface area contributed by atoms with Crippen LogP contribution in [0.15, 0.2) is 108 Å². The molecule has 10 heteroatoms. The van der Waals surface area contributed by atoms with E-state index in [0.29, 0.717) is 6.54 Å². The number of amides is 2. The van der Waals surface area contributed by atoms with Crippen LogP contribution in [0.2, 0.25) is 5.02 Å². The van der Waals surface area contributed by atoms with Gasteiger partial charge in [0.25, 0.3) is 10.0 Å². The van der Waals surface area contributed by atoms with E-state index < -0.39 is 40.2 Å². The molecule has 43 heavy (non-hydrogen) atoms. The molecular formula is C33H33ClFN3O4S. The SMILES string of the molecule is CCNC(=O)[C@H](Cc1ccccc1)N(Cc1ccccc1F)C(=O)CN(c1cccc(Cl)c1)S(=O)(=O)c1ccc(C)cc1. The zero-order valence-electron chi connectivity index (χ0n) is 23.9. The highest BCUT2D eigenvalue weighted by molar-refractivity contribution is 7.92. The van der Waals surface area contributed by atoms with Gasteiger partial charge in [-0.3, -0.25) is 13.9 Å². The largest absolute Gasteiger partial charge is 0.355 e. The van der Waals surface area contributed by atoms with Gasteiger partial charge in [-0.2, -0.15) is 0 Å². The van der Waals surface area contributed by atoms with Crippen LogP contribution in [0.25, 0.3) is 0 Å². The number of anilines is 1. The Morgan fingerprint density at radius 1 is 0.907 bits per heavy atom. The summed E-state index contributed by atoms with van der Waals surface area (Å²) < 4.78 is 43.9. The normalized spacial score (nSPS) is 11.9. The van der Waals surface area contributed by atoms with Gasteiger partial charge in [0.2, 0.25) is 11.8 Å². The van der Waals surface area contributed by atoms with Crippen LogP contribution in [-0.4, -0.2) is 44.3 Å². The minimum absolute atomic E-state index is 0.0175. The molecule has 2 amide bonds. The second-order valence-electron chi connectivity index (χ2n) is 10.0. The number of halogens is 2. The van der Waals surface area contributed by atoms with Crippen LogP contribution >= 0.6 is 11.6 Å². The molecule has 0 unspecified atom stereocenters. The number of carbonyl (C=O) groups is 2. The maximum atomic E-state index is 14.9. The number of nitrogens with one attached hydrogen (secondary N) is 1. The average Bonchev–Trinajstić information content (AvgIpc) is 2.99. The number of benzene rings is 4. The Bertz CT molecular complexity index is 1670. The molecule has 4 aromatic carbocycles. The van der Waals surface area contributed by atoms with E-state index in [4.69, 9.17) is 11.6 Å². The van der Waals surface area contributed by atoms with Gasteiger partial charge in [-0.15, -0.1) is 0 Å². The Morgan fingerprint density at radius 2 is 1.58 bits per heavy atom. The molecule has 0 spiro atoms. The number of carbonyl (C=O) groups excluding carboxylic acids is 2. The van der Waals surface area contributed by atoms with Gasteiger partial charge in [0, 0.05) is 30.1 Å². The van der Waals surface area contributed by atoms with E-state index in [1.807, 2.05) is 37.3 Å². The van der Waals surface area contributed by atoms with Crippen LogP contribution in [0.1, 0.15) is 23.6 Å². The molecule has 0 aliphatic carbocycles. The predicted octanol–water partition coefficient (Wildman–Crippen LogP) is 5.76. The predicted molar refractivity (Wildman–Crippen MR) is 167 cm³/mol. The highest BCUT2D eigenvalue weighted by Gasteiger charge is 2.35. The van der Waals surface area contributed by atoms with Gasteiger partial charge >= 0.3 is 0 Å². The van der Waals surface area contributed by atoms with Crippen molar-refractivity contribution in [3.63, 3.8) is 0 Å². The molecule has 0 aliphatic rings. The lowest BCUT2D eigenvalue weighted by atomic mass is 10.0. The van der Waals surface area contributed by atoms with Gasteiger partial charge in [-0.1, -0.05) is 83.9 Å². The van der Waals surface area contributed by atoms with Crippen LogP contribution in [0.5, 0.6) is 0 Å². The second kappa shape index (κ2) is 14.3. The maximum absolute atomic E-state index is 14.9. The Kier molecular flexibility index (Phi) is 10.6. The number of hydrogen-bond donors (Lipinski definition) is 1. The van der Waals surface area contributed by atoms with E-state index in [0.717, 1.165) is 15.4 Å². The lowest BCUT2D eigenvalue weighted by molar-refractivity contribution is -0.140. The molecule has 7 nitrogen and oxygen atoms in total. The van der Waals surface area contributed by atoms with Crippen molar-refractivity contribution < 1.29 is 22.4 Å². The molecule has 0 aromatic heterocycles. The molecule has 0 radical (unpaired) electrons. The quantitative estimate of drug-likeness (QED) is 0.218. The number of likely N-dealkylation sites (N-methyl/N-ethyl adjacent to an activating group) is 1. The fourth-order valence-electron chi connectivity index (χ4n) is 4.65. The summed E-state index contributed by atoms with van der Waals surface area (Å²) in [5.74, 6) is -1.67. The molecule has 0 saturated heterocycles. The molecular weight excluding hydrogens is 589 g/mol. The van der Waals surface area contributed by atoms with Gasteiger partial charge < -0.3 is 10.2 Å². The molecule has 0 aliphatic heterocycles. The number of sulfonamides is 1. The van der Waals surface area contributed by atoms with Crippen LogP contribution in [0, 0.1) is 12.7 Å². The fraction of sp³-hybridized carbons (Fsp3) is 0.212. The third-order valence-electron chi connectivity index (χ3n) is 6.90. The summed E-state index contributed by atoms with van der Waals surface area (Å²) >= 11 is 6.24. The van der Waals surface area contributed by atoms with Crippen LogP contribution in [-0.2, 0) is 32.6 Å². The number of nitrogens with zero attached hydrogens (tertiary/aromatic N) is 2. The first kappa shape index (κ1) is 31.7. The molecule has 1 atom stereocenters. The fourth-order valence-corrected chi connectivity index (χ4v) is 6.24. The standard InChI is InChI=1S/C33H33ClFN3O4S/c1-3-36-33(40)31(20-25-10-5-4-6-11-25)37(22-26-12-7-8-15-30(26)35)32(39)23-38(28-14-9-13-27(34)21-28)43(41,42)29-18-16-24(2)17-19-29/h4-19,21,31H,3,20,22-23H2,1-2H3,(H,36,40)/t31-/m0/s1. The summed E-state index contributed by atoms with van der Waals surface area (Å²) in [6, 6.07) is 26.5. The zero-order chi connectivity index (χ0) is 31.0. The van der Waals surface area contributed by atoms with Crippen molar-refractivity contribution >= 4 is 39.1 Å². The Labute approximate surface area is 257 Å². The van der Waals surface area contributed by atoms with Crippen molar-refractivity contribution in [2.45, 2.75) is 37.8 Å². The Morgan fingerprint density at radius 3 is 2.23 bits per heavy atom. The van der Waals surface area contributed by atoms with E-state index >= 15 is 0 Å². The number of aryl methyl sites for hydroxylation is 1. The molecule has 0 heterocycles. The Balaban J connectivity index is 1.80. The third-order valence-corrected chi connectivity index (χ3v) is 8.93. The van der Waals surface area contributed by atoms with E-state index in [-0.39, 0.29) is 34.1 Å². The second-order valence-corrected chi connectivity index (χ2v) is 12.3. The first-order chi connectivity index (χ1) is 20.6. The summed E-state index contributed by atoms with van der Waals surface area (Å²) in [7, 11) is -4.26. The average molecular weight is 622 g/mol. The lowest BCUT2D eigenvalue weighted by Gasteiger charge is -2.34. The topological polar surface area (TPSA) is 86.8 Å². The minimum atomic E-state index is -4.26. The number of hydrogen-bond acceptors (Lipinski definition) is 4. The smallest absolute Gasteiger partial charge is 0.264 e. The van der Waals surface area contributed by atoms with Gasteiger partial charge in [0.15, 0.2) is 0 Å². The molecule has 4 rings (SSSR count). The maximum Gasteiger partial charge on any atom is 0.264 e. The molecule has 0 fully saturated rings. The van der Waals surface area contributed by atoms with Crippen molar-refractivity contribution in [3.05, 3.63) is 131 Å². The van der Waals surface area contributed by atoms with Crippen molar-refractivity contribution in [2.24, 2.45) is 0 Å². The van der Waals surface area contributed by atoms with Gasteiger partial charge in [-0.25, -0.2) is 12.8 Å². The van der Waals surface area contributed by atoms with Crippen molar-refractivity contribution in [1.82, 2.24) is 10.2 Å². The Hall–Kier alpha value is -4.21. The summed E-state index contributed by atoms with van der Waals surface area (Å²) in [4.78, 5) is 29.0. The van der Waals surface area contributed by atoms with E-state index in [1.54, 1.807) is 37.3 Å². The van der Waals surface area contributed by atoms with Crippen LogP contribution in [0.3, 0.4) is 0 Å². The first-order valence-electron chi connectivity index (χ1n) is 13.8. The monoisotopic (exact) mass is 621 g/mol. The van der Waals surface area contributed by atoms with Crippen molar-refractivity contribution in [1.29, 1.82) is 0 Å². The van der Waals surface area contributed by atoms with E-state index in [2.05, 4.69) is 5.32 Å². The van der Waals surface area contributed by atoms with Gasteiger partial charge in [-0.05, 0) is 55.8 Å². The highest BCUT2D eigenvalue weighted by Crippen LogP contribution is 2.27. The summed E-state index contributed by atoms with van der Waals surface area (Å²) in [5.41, 5.74) is 2.01. The molecule has 0 saturated carbocycles. The molecule has 224 valence electrons. The molecule has 4 aromatic rings. The van der Waals surface area contributed by atoms with E-state index in [9.17, 15) is 22.4 Å². The first-order valence-corrected chi connectivity index (χ1v) is 15.6. The number of rotatable bonds is 12. The van der Waals surface area contributed by atoms with Crippen molar-refractivity contribution in [3.8, 4) is 0 Å². The highest BCUT2D eigenvalue weighted by atomic mass is 35.5. The summed E-state index contributed by atoms with van der Waals surface area (Å²) in [6.07, 6.45) is 0.134. The molecule has 1 N–H and O–H groups in total. The summed E-state index contributed by atoms with van der Waals surface area (Å²) in [5, 5.41) is 3.06. The van der Waals surface area contributed by atoms with Gasteiger partial charge in [0.1, 0.15) is 18.4 Å². The minimum Gasteiger partial charge on any atom is -0.355 e. The zero-order valence-corrected chi connectivity index (χ0v) is 25.5. The lowest BCUT2D eigenvalue weighted by Crippen LogP contribution is -2.53. The third kappa shape index (κ3) is 8.00. The summed E-state index contributed by atoms with van der Waals surface area (Å²) in [6.45, 7) is 2.99. The van der Waals surface area contributed by atoms with Crippen LogP contribution in [0.4, 0.5) is 10.1 Å². The van der Waals surface area contributed by atoms with Crippen LogP contribution < -0.4 is 9.62 Å². The molecule has 0 bridgehead atoms. The van der Waals surface area contributed by atoms with E-state index in [1.165, 1.54) is 47.4 Å². The van der Waals surface area contributed by atoms with Gasteiger partial charge in [0.05, 0.1) is 10.6 Å². The van der Waals surface area contributed by atoms with Crippen molar-refractivity contribution in [2.75, 3.05) is 17.4 Å².